The highest BCUT2D eigenvalue weighted by molar-refractivity contribution is 7.80. The number of hydrazine groups is 1. The summed E-state index contributed by atoms with van der Waals surface area (Å²) in [7, 11) is 0. The summed E-state index contributed by atoms with van der Waals surface area (Å²) in [6.07, 6.45) is 0.544. The van der Waals surface area contributed by atoms with Crippen LogP contribution in [-0.2, 0) is 20.8 Å². The van der Waals surface area contributed by atoms with E-state index in [2.05, 4.69) is 20.9 Å². The fraction of sp³-hybridized carbons (Fsp3) is 0.182. The third-order valence-electron chi connectivity index (χ3n) is 5.26. The molecular formula is C22H20N6O4S. The van der Waals surface area contributed by atoms with Crippen LogP contribution >= 0.6 is 12.2 Å². The summed E-state index contributed by atoms with van der Waals surface area (Å²) in [6, 6.07) is 12.2. The molecule has 4 N–H and O–H groups in total. The highest BCUT2D eigenvalue weighted by Gasteiger charge is 2.50. The number of ketones is 1. The van der Waals surface area contributed by atoms with E-state index in [1.54, 1.807) is 43.3 Å². The van der Waals surface area contributed by atoms with Gasteiger partial charge in [0.25, 0.3) is 5.91 Å². The SMILES string of the molecule is CCc1cccc(C)c1N1C(=O)C(=O)C(c2nc3ccccc3o2)/C(=N\NC(=S)NN)C1=O. The minimum absolute atomic E-state index is 0.0901. The van der Waals surface area contributed by atoms with Crippen LogP contribution in [0.3, 0.4) is 0 Å². The predicted octanol–water partition coefficient (Wildman–Crippen LogP) is 1.62. The number of anilines is 1. The molecule has 0 saturated carbocycles. The van der Waals surface area contributed by atoms with Gasteiger partial charge >= 0.3 is 5.91 Å². The molecule has 1 unspecified atom stereocenters. The Balaban J connectivity index is 1.88. The number of hydrazone groups is 1. The number of fused-ring (bicyclic) bond motifs is 1. The number of nitrogens with two attached hydrogens (primary N) is 1. The number of nitrogens with zero attached hydrogens (tertiary/aromatic N) is 3. The van der Waals surface area contributed by atoms with Crippen molar-refractivity contribution in [2.24, 2.45) is 10.9 Å². The molecule has 11 heteroatoms. The van der Waals surface area contributed by atoms with Crippen LogP contribution in [0.1, 0.15) is 29.9 Å². The molecule has 1 aliphatic rings. The summed E-state index contributed by atoms with van der Waals surface area (Å²) in [5.41, 5.74) is 6.93. The Hall–Kier alpha value is -3.96. The average Bonchev–Trinajstić information content (AvgIpc) is 3.24. The lowest BCUT2D eigenvalue weighted by atomic mass is 9.90. The highest BCUT2D eigenvalue weighted by atomic mass is 32.1. The van der Waals surface area contributed by atoms with E-state index >= 15 is 0 Å². The number of imide groups is 1. The number of aryl methyl sites for hydroxylation is 2. The van der Waals surface area contributed by atoms with Gasteiger partial charge in [-0.2, -0.15) is 5.10 Å². The Kier molecular flexibility index (Phi) is 5.99. The molecule has 0 radical (unpaired) electrons. The molecule has 4 rings (SSSR count). The van der Waals surface area contributed by atoms with Gasteiger partial charge in [0.2, 0.25) is 16.8 Å². The number of rotatable bonds is 4. The lowest BCUT2D eigenvalue weighted by molar-refractivity contribution is -0.139. The van der Waals surface area contributed by atoms with Crippen molar-refractivity contribution in [1.29, 1.82) is 0 Å². The summed E-state index contributed by atoms with van der Waals surface area (Å²) in [5, 5.41) is 3.94. The molecule has 0 bridgehead atoms. The zero-order valence-corrected chi connectivity index (χ0v) is 18.6. The second-order valence-electron chi connectivity index (χ2n) is 7.28. The summed E-state index contributed by atoms with van der Waals surface area (Å²) < 4.78 is 5.71. The second kappa shape index (κ2) is 8.88. The molecule has 2 heterocycles. The van der Waals surface area contributed by atoms with E-state index in [1.165, 1.54) is 0 Å². The molecule has 1 aromatic heterocycles. The fourth-order valence-electron chi connectivity index (χ4n) is 3.71. The molecule has 2 amide bonds. The second-order valence-corrected chi connectivity index (χ2v) is 7.69. The van der Waals surface area contributed by atoms with Crippen LogP contribution in [0.25, 0.3) is 11.1 Å². The number of para-hydroxylation sites is 3. The summed E-state index contributed by atoms with van der Waals surface area (Å²) in [6.45, 7) is 3.65. The molecule has 1 aliphatic heterocycles. The molecule has 1 fully saturated rings. The number of thiocarbonyl (C=S) groups is 1. The largest absolute Gasteiger partial charge is 0.439 e. The predicted molar refractivity (Wildman–Crippen MR) is 125 cm³/mol. The van der Waals surface area contributed by atoms with Crippen molar-refractivity contribution in [3.63, 3.8) is 0 Å². The van der Waals surface area contributed by atoms with Gasteiger partial charge < -0.3 is 4.42 Å². The zero-order valence-electron chi connectivity index (χ0n) is 17.8. The van der Waals surface area contributed by atoms with E-state index in [-0.39, 0.29) is 16.7 Å². The van der Waals surface area contributed by atoms with Crippen molar-refractivity contribution in [3.05, 3.63) is 59.5 Å². The first-order valence-corrected chi connectivity index (χ1v) is 10.5. The number of carbonyl (C=O) groups is 3. The smallest absolute Gasteiger partial charge is 0.302 e. The van der Waals surface area contributed by atoms with Gasteiger partial charge in [-0.1, -0.05) is 37.3 Å². The molecule has 10 nitrogen and oxygen atoms in total. The molecule has 2 aromatic carbocycles. The molecule has 33 heavy (non-hydrogen) atoms. The first-order valence-electron chi connectivity index (χ1n) is 10.1. The summed E-state index contributed by atoms with van der Waals surface area (Å²) in [5.74, 6) is 1.03. The fourth-order valence-corrected chi connectivity index (χ4v) is 3.76. The van der Waals surface area contributed by atoms with Gasteiger partial charge in [-0.05, 0) is 48.8 Å². The quantitative estimate of drug-likeness (QED) is 0.172. The maximum Gasteiger partial charge on any atom is 0.302 e. The number of oxazole rings is 1. The van der Waals surface area contributed by atoms with Crippen molar-refractivity contribution >= 4 is 57.4 Å². The van der Waals surface area contributed by atoms with Crippen molar-refractivity contribution in [2.45, 2.75) is 26.2 Å². The maximum absolute atomic E-state index is 13.6. The number of amides is 2. The number of nitrogens with one attached hydrogen (secondary N) is 2. The standard InChI is InChI=1S/C22H20N6O4S/c1-3-12-8-6-7-11(2)17(12)28-20(30)16(26-27-22(33)25-23)15(18(29)21(28)31)19-24-13-9-4-5-10-14(13)32-19/h4-10,15H,3,23H2,1-2H3,(H2,25,27,33)/b26-16+. The summed E-state index contributed by atoms with van der Waals surface area (Å²) in [4.78, 5) is 45.4. The highest BCUT2D eigenvalue weighted by Crippen LogP contribution is 2.33. The van der Waals surface area contributed by atoms with E-state index in [9.17, 15) is 14.4 Å². The molecule has 0 aliphatic carbocycles. The van der Waals surface area contributed by atoms with Crippen LogP contribution in [0.5, 0.6) is 0 Å². The van der Waals surface area contributed by atoms with Gasteiger partial charge in [0.1, 0.15) is 11.2 Å². The number of benzene rings is 2. The van der Waals surface area contributed by atoms with Crippen LogP contribution in [0, 0.1) is 6.92 Å². The Labute approximate surface area is 193 Å². The average molecular weight is 465 g/mol. The van der Waals surface area contributed by atoms with E-state index in [1.807, 2.05) is 13.0 Å². The van der Waals surface area contributed by atoms with Crippen LogP contribution in [0.2, 0.25) is 0 Å². The van der Waals surface area contributed by atoms with Crippen molar-refractivity contribution in [3.8, 4) is 0 Å². The first-order chi connectivity index (χ1) is 15.9. The van der Waals surface area contributed by atoms with E-state index in [4.69, 9.17) is 22.5 Å². The van der Waals surface area contributed by atoms with Crippen molar-refractivity contribution in [2.75, 3.05) is 4.90 Å². The Morgan fingerprint density at radius 3 is 2.64 bits per heavy atom. The first kappa shape index (κ1) is 22.2. The number of carbonyl (C=O) groups excluding carboxylic acids is 3. The molecular weight excluding hydrogens is 444 g/mol. The van der Waals surface area contributed by atoms with Gasteiger partial charge in [0.05, 0.1) is 5.69 Å². The zero-order chi connectivity index (χ0) is 23.7. The Morgan fingerprint density at radius 2 is 1.94 bits per heavy atom. The third kappa shape index (κ3) is 3.88. The molecule has 3 aromatic rings. The Bertz CT molecular complexity index is 1300. The van der Waals surface area contributed by atoms with Gasteiger partial charge in [-0.15, -0.1) is 0 Å². The normalized spacial score (nSPS) is 17.7. The van der Waals surface area contributed by atoms with Crippen molar-refractivity contribution in [1.82, 2.24) is 15.8 Å². The number of hydrogen-bond donors (Lipinski definition) is 3. The lowest BCUT2D eigenvalue weighted by Gasteiger charge is -2.31. The molecule has 1 saturated heterocycles. The van der Waals surface area contributed by atoms with Gasteiger partial charge in [0, 0.05) is 0 Å². The van der Waals surface area contributed by atoms with Crippen LogP contribution in [0.15, 0.2) is 52.0 Å². The monoisotopic (exact) mass is 464 g/mol. The number of piperidine rings is 1. The van der Waals surface area contributed by atoms with Gasteiger partial charge in [-0.3, -0.25) is 25.2 Å². The van der Waals surface area contributed by atoms with E-state index in [0.29, 0.717) is 28.8 Å². The molecule has 168 valence electrons. The lowest BCUT2D eigenvalue weighted by Crippen LogP contribution is -2.56. The van der Waals surface area contributed by atoms with Crippen LogP contribution in [-0.4, -0.2) is 33.4 Å². The molecule has 1 atom stereocenters. The number of Topliss-reactive ketones (excluding diaryl/α,β-unsaturated/α-hetero) is 1. The molecule has 0 spiro atoms. The van der Waals surface area contributed by atoms with Gasteiger partial charge in [-0.25, -0.2) is 15.7 Å². The summed E-state index contributed by atoms with van der Waals surface area (Å²) >= 11 is 4.94. The van der Waals surface area contributed by atoms with Crippen molar-refractivity contribution < 1.29 is 18.8 Å². The van der Waals surface area contributed by atoms with E-state index in [0.717, 1.165) is 10.5 Å². The van der Waals surface area contributed by atoms with Crippen LogP contribution in [0.4, 0.5) is 5.69 Å². The van der Waals surface area contributed by atoms with Crippen LogP contribution < -0.4 is 21.6 Å². The van der Waals surface area contributed by atoms with Gasteiger partial charge in [0.15, 0.2) is 11.5 Å². The number of hydrogen-bond acceptors (Lipinski definition) is 8. The Morgan fingerprint density at radius 1 is 1.18 bits per heavy atom. The maximum atomic E-state index is 13.6. The van der Waals surface area contributed by atoms with E-state index < -0.39 is 23.5 Å². The minimum Gasteiger partial charge on any atom is -0.439 e. The minimum atomic E-state index is -1.45. The third-order valence-corrected chi connectivity index (χ3v) is 5.47. The topological polar surface area (TPSA) is 143 Å². The number of aromatic nitrogens is 1.